The number of hydrogen-bond acceptors (Lipinski definition) is 3. The minimum atomic E-state index is 0.0995. The average molecular weight is 258 g/mol. The first-order valence-electron chi connectivity index (χ1n) is 7.27. The van der Waals surface area contributed by atoms with Gasteiger partial charge in [-0.2, -0.15) is 0 Å². The van der Waals surface area contributed by atoms with E-state index in [2.05, 4.69) is 17.6 Å². The zero-order chi connectivity index (χ0) is 13.5. The van der Waals surface area contributed by atoms with E-state index < -0.39 is 0 Å². The quantitative estimate of drug-likeness (QED) is 0.497. The fourth-order valence-electron chi connectivity index (χ4n) is 1.74. The first kappa shape index (κ1) is 17.4. The normalized spacial score (nSPS) is 10.6. The molecule has 0 saturated heterocycles. The highest BCUT2D eigenvalue weighted by molar-refractivity contribution is 5.75. The number of methoxy groups -OCH3 is 1. The highest BCUT2D eigenvalue weighted by Crippen LogP contribution is 2.03. The van der Waals surface area contributed by atoms with Crippen molar-refractivity contribution in [2.75, 3.05) is 33.4 Å². The van der Waals surface area contributed by atoms with Crippen LogP contribution in [0, 0.1) is 0 Å². The zero-order valence-corrected chi connectivity index (χ0v) is 12.1. The lowest BCUT2D eigenvalue weighted by molar-refractivity contribution is -0.121. The third-order valence-electron chi connectivity index (χ3n) is 2.86. The molecule has 4 heteroatoms. The molecule has 0 heterocycles. The lowest BCUT2D eigenvalue weighted by Gasteiger charge is -2.06. The van der Waals surface area contributed by atoms with Gasteiger partial charge in [-0.05, 0) is 13.0 Å². The van der Waals surface area contributed by atoms with Crippen molar-refractivity contribution in [1.82, 2.24) is 10.6 Å². The third kappa shape index (κ3) is 13.5. The fourth-order valence-corrected chi connectivity index (χ4v) is 1.74. The van der Waals surface area contributed by atoms with Crippen molar-refractivity contribution in [2.45, 2.75) is 51.9 Å². The van der Waals surface area contributed by atoms with Crippen LogP contribution in [0.1, 0.15) is 51.9 Å². The lowest BCUT2D eigenvalue weighted by atomic mass is 10.1. The maximum Gasteiger partial charge on any atom is 0.221 e. The molecule has 0 aromatic rings. The molecule has 0 aliphatic heterocycles. The van der Waals surface area contributed by atoms with Gasteiger partial charge in [-0.25, -0.2) is 0 Å². The molecular formula is C14H30N2O2. The van der Waals surface area contributed by atoms with E-state index >= 15 is 0 Å². The van der Waals surface area contributed by atoms with E-state index in [9.17, 15) is 4.79 Å². The van der Waals surface area contributed by atoms with Crippen molar-refractivity contribution in [3.05, 3.63) is 0 Å². The molecule has 0 aromatic heterocycles. The summed E-state index contributed by atoms with van der Waals surface area (Å²) in [5.74, 6) is 0.0995. The van der Waals surface area contributed by atoms with Crippen LogP contribution in [0.25, 0.3) is 0 Å². The second-order valence-corrected chi connectivity index (χ2v) is 4.61. The second kappa shape index (κ2) is 14.5. The molecule has 2 N–H and O–H groups in total. The van der Waals surface area contributed by atoms with Gasteiger partial charge in [0.05, 0.1) is 6.61 Å². The molecule has 0 radical (unpaired) electrons. The van der Waals surface area contributed by atoms with Gasteiger partial charge in [-0.3, -0.25) is 4.79 Å². The Morgan fingerprint density at radius 1 is 1.00 bits per heavy atom. The summed E-state index contributed by atoms with van der Waals surface area (Å²) >= 11 is 0. The van der Waals surface area contributed by atoms with Gasteiger partial charge in [0, 0.05) is 26.6 Å². The van der Waals surface area contributed by atoms with Gasteiger partial charge in [0.15, 0.2) is 0 Å². The smallest absolute Gasteiger partial charge is 0.221 e. The Bertz CT molecular complexity index is 187. The van der Waals surface area contributed by atoms with E-state index in [4.69, 9.17) is 4.74 Å². The van der Waals surface area contributed by atoms with E-state index in [-0.39, 0.29) is 5.91 Å². The maximum atomic E-state index is 11.3. The highest BCUT2D eigenvalue weighted by Gasteiger charge is 1.99. The lowest BCUT2D eigenvalue weighted by Crippen LogP contribution is -2.30. The largest absolute Gasteiger partial charge is 0.383 e. The van der Waals surface area contributed by atoms with Crippen LogP contribution < -0.4 is 10.6 Å². The minimum absolute atomic E-state index is 0.0995. The summed E-state index contributed by atoms with van der Waals surface area (Å²) in [5, 5.41) is 6.11. The van der Waals surface area contributed by atoms with E-state index in [0.717, 1.165) is 13.1 Å². The molecule has 0 aliphatic rings. The van der Waals surface area contributed by atoms with E-state index in [1.54, 1.807) is 7.11 Å². The molecule has 0 unspecified atom stereocenters. The number of ether oxygens (including phenoxy) is 1. The summed E-state index contributed by atoms with van der Waals surface area (Å²) in [7, 11) is 1.63. The van der Waals surface area contributed by atoms with Crippen molar-refractivity contribution < 1.29 is 9.53 Å². The van der Waals surface area contributed by atoms with Gasteiger partial charge >= 0.3 is 0 Å². The molecule has 0 bridgehead atoms. The number of amides is 1. The predicted octanol–water partition coefficient (Wildman–Crippen LogP) is 2.09. The maximum absolute atomic E-state index is 11.3. The molecular weight excluding hydrogens is 228 g/mol. The number of nitrogens with one attached hydrogen (secondary N) is 2. The summed E-state index contributed by atoms with van der Waals surface area (Å²) in [4.78, 5) is 11.3. The molecule has 108 valence electrons. The van der Waals surface area contributed by atoms with Gasteiger partial charge < -0.3 is 15.4 Å². The Kier molecular flexibility index (Phi) is 14.0. The molecule has 0 spiro atoms. The number of rotatable bonds is 13. The zero-order valence-electron chi connectivity index (χ0n) is 12.1. The Labute approximate surface area is 112 Å². The summed E-state index contributed by atoms with van der Waals surface area (Å²) in [6, 6.07) is 0. The van der Waals surface area contributed by atoms with Crippen molar-refractivity contribution in [1.29, 1.82) is 0 Å². The standard InChI is InChI=1S/C14H30N2O2/c1-3-4-5-6-7-8-10-15-11-9-14(17)16-12-13-18-2/h15H,3-13H2,1-2H3,(H,16,17). The van der Waals surface area contributed by atoms with Crippen LogP contribution in [0.5, 0.6) is 0 Å². The number of hydrogen-bond donors (Lipinski definition) is 2. The highest BCUT2D eigenvalue weighted by atomic mass is 16.5. The fraction of sp³-hybridized carbons (Fsp3) is 0.929. The predicted molar refractivity (Wildman–Crippen MR) is 75.7 cm³/mol. The van der Waals surface area contributed by atoms with Crippen molar-refractivity contribution in [3.8, 4) is 0 Å². The molecule has 0 saturated carbocycles. The molecule has 1 amide bonds. The van der Waals surface area contributed by atoms with Crippen LogP contribution in [-0.2, 0) is 9.53 Å². The van der Waals surface area contributed by atoms with Gasteiger partial charge in [0.2, 0.25) is 5.91 Å². The summed E-state index contributed by atoms with van der Waals surface area (Å²) in [6.07, 6.45) is 8.43. The first-order valence-corrected chi connectivity index (χ1v) is 7.27. The molecule has 0 aliphatic carbocycles. The Morgan fingerprint density at radius 3 is 2.44 bits per heavy atom. The van der Waals surface area contributed by atoms with Crippen molar-refractivity contribution >= 4 is 5.91 Å². The van der Waals surface area contributed by atoms with Crippen molar-refractivity contribution in [3.63, 3.8) is 0 Å². The van der Waals surface area contributed by atoms with Gasteiger partial charge in [-0.15, -0.1) is 0 Å². The topological polar surface area (TPSA) is 50.4 Å². The van der Waals surface area contributed by atoms with Crippen LogP contribution in [0.2, 0.25) is 0 Å². The minimum Gasteiger partial charge on any atom is -0.383 e. The Morgan fingerprint density at radius 2 is 1.72 bits per heavy atom. The van der Waals surface area contributed by atoms with Gasteiger partial charge in [-0.1, -0.05) is 39.0 Å². The summed E-state index contributed by atoms with van der Waals surface area (Å²) in [5.41, 5.74) is 0. The van der Waals surface area contributed by atoms with Crippen LogP contribution >= 0.6 is 0 Å². The van der Waals surface area contributed by atoms with Crippen LogP contribution in [0.15, 0.2) is 0 Å². The van der Waals surface area contributed by atoms with Gasteiger partial charge in [0.1, 0.15) is 0 Å². The Balaban J connectivity index is 3.08. The average Bonchev–Trinajstić information content (AvgIpc) is 2.37. The summed E-state index contributed by atoms with van der Waals surface area (Å²) < 4.78 is 4.86. The van der Waals surface area contributed by atoms with Crippen LogP contribution in [0.3, 0.4) is 0 Å². The van der Waals surface area contributed by atoms with Gasteiger partial charge in [0.25, 0.3) is 0 Å². The van der Waals surface area contributed by atoms with E-state index in [1.165, 1.54) is 38.5 Å². The molecule has 0 rings (SSSR count). The third-order valence-corrected chi connectivity index (χ3v) is 2.86. The first-order chi connectivity index (χ1) is 8.81. The number of unbranched alkanes of at least 4 members (excludes halogenated alkanes) is 5. The van der Waals surface area contributed by atoms with Crippen molar-refractivity contribution in [2.24, 2.45) is 0 Å². The molecule has 0 fully saturated rings. The molecule has 4 nitrogen and oxygen atoms in total. The van der Waals surface area contributed by atoms with Crippen LogP contribution in [-0.4, -0.2) is 39.3 Å². The molecule has 0 atom stereocenters. The van der Waals surface area contributed by atoms with E-state index in [0.29, 0.717) is 19.6 Å². The molecule has 0 aromatic carbocycles. The Hall–Kier alpha value is -0.610. The molecule has 18 heavy (non-hydrogen) atoms. The monoisotopic (exact) mass is 258 g/mol. The number of carbonyl (C=O) groups excluding carboxylic acids is 1. The SMILES string of the molecule is CCCCCCCCNCCC(=O)NCCOC. The van der Waals surface area contributed by atoms with E-state index in [1.807, 2.05) is 0 Å². The number of carbonyl (C=O) groups is 1. The van der Waals surface area contributed by atoms with Crippen LogP contribution in [0.4, 0.5) is 0 Å². The second-order valence-electron chi connectivity index (χ2n) is 4.61. The summed E-state index contributed by atoms with van der Waals surface area (Å²) in [6.45, 7) is 5.22.